The van der Waals surface area contributed by atoms with Gasteiger partial charge in [-0.3, -0.25) is 4.79 Å². The van der Waals surface area contributed by atoms with Crippen LogP contribution in [0.25, 0.3) is 0 Å². The number of carbonyl (C=O) groups is 1. The number of rotatable bonds is 1. The van der Waals surface area contributed by atoms with Crippen molar-refractivity contribution >= 4 is 34.2 Å². The van der Waals surface area contributed by atoms with E-state index < -0.39 is 5.82 Å². The van der Waals surface area contributed by atoms with Gasteiger partial charge < -0.3 is 10.2 Å². The van der Waals surface area contributed by atoms with Crippen molar-refractivity contribution < 1.29 is 9.18 Å². The molecular formula is C13H17BrClFN2O. The second-order valence-electron chi connectivity index (χ2n) is 4.66. The van der Waals surface area contributed by atoms with Gasteiger partial charge in [-0.25, -0.2) is 4.39 Å². The van der Waals surface area contributed by atoms with E-state index in [1.807, 2.05) is 13.8 Å². The fraction of sp³-hybridized carbons (Fsp3) is 0.462. The molecule has 2 rings (SSSR count). The van der Waals surface area contributed by atoms with Crippen molar-refractivity contribution in [2.45, 2.75) is 19.9 Å². The van der Waals surface area contributed by atoms with E-state index in [4.69, 9.17) is 0 Å². The molecule has 1 aromatic carbocycles. The molecule has 1 atom stereocenters. The van der Waals surface area contributed by atoms with E-state index in [-0.39, 0.29) is 29.9 Å². The van der Waals surface area contributed by atoms with Crippen LogP contribution in [0.3, 0.4) is 0 Å². The molecule has 3 nitrogen and oxygen atoms in total. The highest BCUT2D eigenvalue weighted by atomic mass is 79.9. The summed E-state index contributed by atoms with van der Waals surface area (Å²) in [5.74, 6) is -0.708. The average Bonchev–Trinajstić information content (AvgIpc) is 2.34. The average molecular weight is 352 g/mol. The summed E-state index contributed by atoms with van der Waals surface area (Å²) < 4.78 is 14.4. The third-order valence-electron chi connectivity index (χ3n) is 3.15. The normalized spacial score (nSPS) is 18.9. The summed E-state index contributed by atoms with van der Waals surface area (Å²) in [7, 11) is 0. The molecule has 1 amide bonds. The van der Waals surface area contributed by atoms with E-state index in [0.29, 0.717) is 17.6 Å². The Balaban J connectivity index is 0.00000180. The van der Waals surface area contributed by atoms with Crippen molar-refractivity contribution in [3.8, 4) is 0 Å². The summed E-state index contributed by atoms with van der Waals surface area (Å²) in [4.78, 5) is 14.1. The predicted octanol–water partition coefficient (Wildman–Crippen LogP) is 2.75. The molecule has 19 heavy (non-hydrogen) atoms. The highest BCUT2D eigenvalue weighted by Gasteiger charge is 2.26. The Hall–Kier alpha value is -0.650. The van der Waals surface area contributed by atoms with Crippen LogP contribution < -0.4 is 5.32 Å². The van der Waals surface area contributed by atoms with Crippen LogP contribution in [0.5, 0.6) is 0 Å². The third-order valence-corrected chi connectivity index (χ3v) is 4.18. The first-order chi connectivity index (χ1) is 8.50. The van der Waals surface area contributed by atoms with Crippen molar-refractivity contribution in [3.05, 3.63) is 33.5 Å². The number of nitrogens with one attached hydrogen (secondary N) is 1. The van der Waals surface area contributed by atoms with Gasteiger partial charge in [0.1, 0.15) is 5.82 Å². The smallest absolute Gasteiger partial charge is 0.258 e. The van der Waals surface area contributed by atoms with Gasteiger partial charge >= 0.3 is 0 Å². The number of hydrogen-bond donors (Lipinski definition) is 1. The van der Waals surface area contributed by atoms with E-state index in [9.17, 15) is 9.18 Å². The van der Waals surface area contributed by atoms with Crippen LogP contribution >= 0.6 is 28.3 Å². The second kappa shape index (κ2) is 6.68. The number of aryl methyl sites for hydroxylation is 1. The predicted molar refractivity (Wildman–Crippen MR) is 79.5 cm³/mol. The van der Waals surface area contributed by atoms with E-state index >= 15 is 0 Å². The Bertz CT molecular complexity index is 484. The Kier molecular flexibility index (Phi) is 5.77. The summed E-state index contributed by atoms with van der Waals surface area (Å²) in [6.07, 6.45) is 0. The van der Waals surface area contributed by atoms with Gasteiger partial charge in [-0.05, 0) is 41.4 Å². The lowest BCUT2D eigenvalue weighted by Gasteiger charge is -2.32. The van der Waals surface area contributed by atoms with Crippen molar-refractivity contribution in [2.75, 3.05) is 19.6 Å². The first kappa shape index (κ1) is 16.4. The van der Waals surface area contributed by atoms with Gasteiger partial charge in [-0.1, -0.05) is 6.07 Å². The first-order valence-corrected chi connectivity index (χ1v) is 6.77. The maximum absolute atomic E-state index is 13.8. The molecule has 0 spiro atoms. The Labute approximate surface area is 127 Å². The molecule has 1 aliphatic heterocycles. The van der Waals surface area contributed by atoms with Crippen LogP contribution in [0.15, 0.2) is 16.6 Å². The molecule has 0 saturated carbocycles. The molecular weight excluding hydrogens is 335 g/mol. The molecule has 1 saturated heterocycles. The molecule has 1 unspecified atom stereocenters. The number of hydrogen-bond acceptors (Lipinski definition) is 2. The fourth-order valence-corrected chi connectivity index (χ4v) is 2.62. The standard InChI is InChI=1S/C13H16BrFN2O.ClH/c1-8-3-4-10(15)11(12(8)14)13(18)17-6-5-16-9(2)7-17;/h3-4,9,16H,5-7H2,1-2H3;1H. The van der Waals surface area contributed by atoms with E-state index in [0.717, 1.165) is 12.1 Å². The van der Waals surface area contributed by atoms with Gasteiger partial charge in [0.15, 0.2) is 0 Å². The first-order valence-electron chi connectivity index (χ1n) is 5.98. The van der Waals surface area contributed by atoms with Crippen LogP contribution in [-0.4, -0.2) is 36.5 Å². The molecule has 0 aliphatic carbocycles. The number of carbonyl (C=O) groups excluding carboxylic acids is 1. The summed E-state index contributed by atoms with van der Waals surface area (Å²) in [5.41, 5.74) is 1.01. The molecule has 0 aromatic heterocycles. The lowest BCUT2D eigenvalue weighted by molar-refractivity contribution is 0.0703. The summed E-state index contributed by atoms with van der Waals surface area (Å²) >= 11 is 3.31. The largest absolute Gasteiger partial charge is 0.336 e. The molecule has 1 fully saturated rings. The van der Waals surface area contributed by atoms with E-state index in [2.05, 4.69) is 21.2 Å². The number of amides is 1. The van der Waals surface area contributed by atoms with Gasteiger partial charge in [-0.2, -0.15) is 0 Å². The maximum Gasteiger partial charge on any atom is 0.258 e. The number of piperazine rings is 1. The topological polar surface area (TPSA) is 32.3 Å². The van der Waals surface area contributed by atoms with Crippen LogP contribution in [0.1, 0.15) is 22.8 Å². The zero-order valence-corrected chi connectivity index (χ0v) is 13.3. The minimum atomic E-state index is -0.469. The molecule has 1 N–H and O–H groups in total. The van der Waals surface area contributed by atoms with Crippen molar-refractivity contribution in [1.82, 2.24) is 10.2 Å². The zero-order chi connectivity index (χ0) is 13.3. The second-order valence-corrected chi connectivity index (χ2v) is 5.45. The highest BCUT2D eigenvalue weighted by molar-refractivity contribution is 9.10. The number of nitrogens with zero attached hydrogens (tertiary/aromatic N) is 1. The van der Waals surface area contributed by atoms with Crippen LogP contribution in [0.4, 0.5) is 4.39 Å². The molecule has 1 heterocycles. The van der Waals surface area contributed by atoms with Crippen molar-refractivity contribution in [3.63, 3.8) is 0 Å². The number of halogens is 3. The van der Waals surface area contributed by atoms with Gasteiger partial charge in [0, 0.05) is 30.1 Å². The van der Waals surface area contributed by atoms with E-state index in [1.54, 1.807) is 11.0 Å². The molecule has 0 bridgehead atoms. The van der Waals surface area contributed by atoms with Gasteiger partial charge in [0.05, 0.1) is 5.56 Å². The minimum absolute atomic E-state index is 0. The summed E-state index contributed by atoms with van der Waals surface area (Å²) in [5, 5.41) is 3.26. The molecule has 1 aromatic rings. The summed E-state index contributed by atoms with van der Waals surface area (Å²) in [6, 6.07) is 3.25. The van der Waals surface area contributed by atoms with Crippen LogP contribution in [-0.2, 0) is 0 Å². The highest BCUT2D eigenvalue weighted by Crippen LogP contribution is 2.25. The molecule has 0 radical (unpaired) electrons. The van der Waals surface area contributed by atoms with Crippen LogP contribution in [0, 0.1) is 12.7 Å². The Morgan fingerprint density at radius 3 is 2.84 bits per heavy atom. The van der Waals surface area contributed by atoms with Crippen molar-refractivity contribution in [1.29, 1.82) is 0 Å². The minimum Gasteiger partial charge on any atom is -0.336 e. The van der Waals surface area contributed by atoms with E-state index in [1.165, 1.54) is 6.07 Å². The Morgan fingerprint density at radius 1 is 1.53 bits per heavy atom. The zero-order valence-electron chi connectivity index (χ0n) is 10.9. The fourth-order valence-electron chi connectivity index (χ4n) is 2.13. The van der Waals surface area contributed by atoms with Gasteiger partial charge in [0.25, 0.3) is 5.91 Å². The molecule has 1 aliphatic rings. The van der Waals surface area contributed by atoms with Gasteiger partial charge in [0.2, 0.25) is 0 Å². The maximum atomic E-state index is 13.8. The third kappa shape index (κ3) is 3.46. The molecule has 6 heteroatoms. The van der Waals surface area contributed by atoms with Crippen LogP contribution in [0.2, 0.25) is 0 Å². The lowest BCUT2D eigenvalue weighted by Crippen LogP contribution is -2.51. The monoisotopic (exact) mass is 350 g/mol. The summed E-state index contributed by atoms with van der Waals surface area (Å²) in [6.45, 7) is 5.83. The quantitative estimate of drug-likeness (QED) is 0.844. The van der Waals surface area contributed by atoms with Gasteiger partial charge in [-0.15, -0.1) is 12.4 Å². The molecule has 106 valence electrons. The SMILES string of the molecule is Cc1ccc(F)c(C(=O)N2CCNC(C)C2)c1Br.Cl. The van der Waals surface area contributed by atoms with Crippen molar-refractivity contribution in [2.24, 2.45) is 0 Å². The number of benzene rings is 1. The lowest BCUT2D eigenvalue weighted by atomic mass is 10.1. The Morgan fingerprint density at radius 2 is 2.21 bits per heavy atom.